The van der Waals surface area contributed by atoms with Crippen molar-refractivity contribution in [1.29, 1.82) is 0 Å². The Morgan fingerprint density at radius 3 is 2.50 bits per heavy atom. The van der Waals surface area contributed by atoms with E-state index in [-0.39, 0.29) is 10.8 Å². The van der Waals surface area contributed by atoms with Gasteiger partial charge in [-0.1, -0.05) is 17.7 Å². The van der Waals surface area contributed by atoms with Gasteiger partial charge in [0.25, 0.3) is 0 Å². The predicted octanol–water partition coefficient (Wildman–Crippen LogP) is 2.92. The summed E-state index contributed by atoms with van der Waals surface area (Å²) in [4.78, 5) is 0. The first-order valence-electron chi connectivity index (χ1n) is 4.54. The number of hydrogen-bond donors (Lipinski definition) is 1. The molecule has 0 aliphatic heterocycles. The van der Waals surface area contributed by atoms with Crippen molar-refractivity contribution in [3.8, 4) is 5.75 Å². The molecule has 1 aromatic rings. The Morgan fingerprint density at radius 2 is 2.06 bits per heavy atom. The zero-order chi connectivity index (χ0) is 12.3. The minimum atomic E-state index is -4.50. The van der Waals surface area contributed by atoms with Crippen LogP contribution in [0.25, 0.3) is 0 Å². The third-order valence-corrected chi connectivity index (χ3v) is 2.23. The summed E-state index contributed by atoms with van der Waals surface area (Å²) in [5.41, 5.74) is 5.84. The molecule has 0 fully saturated rings. The minimum Gasteiger partial charge on any atom is -0.478 e. The van der Waals surface area contributed by atoms with Gasteiger partial charge in [-0.3, -0.25) is 0 Å². The fraction of sp³-hybridized carbons (Fsp3) is 0.400. The van der Waals surface area contributed by atoms with Gasteiger partial charge in [-0.15, -0.1) is 0 Å². The number of benzene rings is 1. The van der Waals surface area contributed by atoms with Crippen LogP contribution in [0, 0.1) is 6.92 Å². The normalized spacial score (nSPS) is 13.6. The number of rotatable bonds is 3. The van der Waals surface area contributed by atoms with Crippen LogP contribution in [-0.4, -0.2) is 18.8 Å². The average Bonchev–Trinajstić information content (AvgIpc) is 2.14. The largest absolute Gasteiger partial charge is 0.478 e. The van der Waals surface area contributed by atoms with Gasteiger partial charge in [-0.05, 0) is 24.6 Å². The van der Waals surface area contributed by atoms with Gasteiger partial charge in [0.05, 0.1) is 5.02 Å². The lowest BCUT2D eigenvalue weighted by Gasteiger charge is -2.20. The Bertz CT molecular complexity index is 368. The van der Waals surface area contributed by atoms with Gasteiger partial charge in [0.15, 0.2) is 0 Å². The molecule has 0 saturated heterocycles. The third-order valence-electron chi connectivity index (χ3n) is 1.94. The van der Waals surface area contributed by atoms with Crippen molar-refractivity contribution in [2.75, 3.05) is 6.54 Å². The van der Waals surface area contributed by atoms with E-state index in [2.05, 4.69) is 0 Å². The summed E-state index contributed by atoms with van der Waals surface area (Å²) in [5.74, 6) is -0.0139. The average molecular weight is 254 g/mol. The lowest BCUT2D eigenvalue weighted by Crippen LogP contribution is -2.40. The maximum Gasteiger partial charge on any atom is 0.426 e. The van der Waals surface area contributed by atoms with Crippen molar-refractivity contribution in [2.45, 2.75) is 19.2 Å². The summed E-state index contributed by atoms with van der Waals surface area (Å²) in [5, 5.41) is 0.141. The monoisotopic (exact) mass is 253 g/mol. The smallest absolute Gasteiger partial charge is 0.426 e. The molecule has 0 aliphatic carbocycles. The van der Waals surface area contributed by atoms with Gasteiger partial charge in [0, 0.05) is 6.54 Å². The highest BCUT2D eigenvalue weighted by Crippen LogP contribution is 2.30. The molecule has 1 atom stereocenters. The van der Waals surface area contributed by atoms with E-state index in [1.165, 1.54) is 12.1 Å². The first kappa shape index (κ1) is 13.1. The summed E-state index contributed by atoms with van der Waals surface area (Å²) in [6.07, 6.45) is -6.53. The highest BCUT2D eigenvalue weighted by Gasteiger charge is 2.41. The predicted molar refractivity (Wildman–Crippen MR) is 55.7 cm³/mol. The van der Waals surface area contributed by atoms with E-state index in [9.17, 15) is 13.2 Å². The van der Waals surface area contributed by atoms with Crippen molar-refractivity contribution in [2.24, 2.45) is 5.73 Å². The summed E-state index contributed by atoms with van der Waals surface area (Å²) < 4.78 is 41.8. The summed E-state index contributed by atoms with van der Waals surface area (Å²) in [6, 6.07) is 4.54. The molecule has 0 radical (unpaired) electrons. The Balaban J connectivity index is 2.86. The highest BCUT2D eigenvalue weighted by atomic mass is 35.5. The lowest BCUT2D eigenvalue weighted by atomic mass is 10.2. The molecule has 90 valence electrons. The third kappa shape index (κ3) is 3.28. The van der Waals surface area contributed by atoms with E-state index < -0.39 is 18.8 Å². The van der Waals surface area contributed by atoms with Gasteiger partial charge in [0.2, 0.25) is 6.10 Å². The zero-order valence-electron chi connectivity index (χ0n) is 8.51. The van der Waals surface area contributed by atoms with Crippen LogP contribution in [0.3, 0.4) is 0 Å². The maximum absolute atomic E-state index is 12.4. The Morgan fingerprint density at radius 1 is 1.44 bits per heavy atom. The van der Waals surface area contributed by atoms with Gasteiger partial charge < -0.3 is 10.5 Å². The molecule has 0 spiro atoms. The van der Waals surface area contributed by atoms with Crippen LogP contribution in [0.5, 0.6) is 5.75 Å². The fourth-order valence-electron chi connectivity index (χ4n) is 1.10. The molecule has 16 heavy (non-hydrogen) atoms. The molecule has 0 aromatic heterocycles. The van der Waals surface area contributed by atoms with Gasteiger partial charge in [-0.25, -0.2) is 0 Å². The number of alkyl halides is 3. The maximum atomic E-state index is 12.4. The lowest BCUT2D eigenvalue weighted by molar-refractivity contribution is -0.191. The van der Waals surface area contributed by atoms with Crippen LogP contribution < -0.4 is 10.5 Å². The van der Waals surface area contributed by atoms with Crippen molar-refractivity contribution < 1.29 is 17.9 Å². The van der Waals surface area contributed by atoms with Crippen LogP contribution in [0.15, 0.2) is 18.2 Å². The van der Waals surface area contributed by atoms with Gasteiger partial charge in [0.1, 0.15) is 5.75 Å². The van der Waals surface area contributed by atoms with Crippen LogP contribution >= 0.6 is 11.6 Å². The minimum absolute atomic E-state index is 0.0139. The molecular weight excluding hydrogens is 243 g/mol. The summed E-state index contributed by atoms with van der Waals surface area (Å²) >= 11 is 5.75. The van der Waals surface area contributed by atoms with E-state index in [4.69, 9.17) is 22.1 Å². The Labute approximate surface area is 96.1 Å². The second-order valence-corrected chi connectivity index (χ2v) is 3.72. The second kappa shape index (κ2) is 4.93. The number of ether oxygens (including phenoxy) is 1. The first-order valence-corrected chi connectivity index (χ1v) is 4.92. The van der Waals surface area contributed by atoms with E-state index in [1.807, 2.05) is 0 Å². The van der Waals surface area contributed by atoms with Crippen LogP contribution in [0.2, 0.25) is 5.02 Å². The summed E-state index contributed by atoms with van der Waals surface area (Å²) in [7, 11) is 0. The van der Waals surface area contributed by atoms with Gasteiger partial charge >= 0.3 is 6.18 Å². The van der Waals surface area contributed by atoms with Crippen LogP contribution in [0.4, 0.5) is 13.2 Å². The molecule has 2 nitrogen and oxygen atoms in total. The highest BCUT2D eigenvalue weighted by molar-refractivity contribution is 6.32. The molecule has 6 heteroatoms. The molecule has 0 aliphatic rings. The number of nitrogens with two attached hydrogens (primary N) is 1. The molecule has 1 aromatic carbocycles. The van der Waals surface area contributed by atoms with Crippen molar-refractivity contribution in [3.05, 3.63) is 28.8 Å². The number of aryl methyl sites for hydroxylation is 1. The number of halogens is 4. The van der Waals surface area contributed by atoms with E-state index in [1.54, 1.807) is 13.0 Å². The Kier molecular flexibility index (Phi) is 4.04. The van der Waals surface area contributed by atoms with Crippen molar-refractivity contribution in [3.63, 3.8) is 0 Å². The molecule has 0 heterocycles. The summed E-state index contributed by atoms with van der Waals surface area (Å²) in [6.45, 7) is 1.13. The van der Waals surface area contributed by atoms with Crippen LogP contribution in [-0.2, 0) is 0 Å². The topological polar surface area (TPSA) is 35.2 Å². The standard InChI is InChI=1S/C10H11ClF3NO/c1-6-2-3-8(7(11)4-6)16-9(5-15)10(12,13)14/h2-4,9H,5,15H2,1H3. The van der Waals surface area contributed by atoms with Crippen molar-refractivity contribution >= 4 is 11.6 Å². The molecule has 1 rings (SSSR count). The molecule has 2 N–H and O–H groups in total. The zero-order valence-corrected chi connectivity index (χ0v) is 9.27. The van der Waals surface area contributed by atoms with E-state index >= 15 is 0 Å². The molecule has 0 amide bonds. The molecule has 0 bridgehead atoms. The SMILES string of the molecule is Cc1ccc(OC(CN)C(F)(F)F)c(Cl)c1. The molecule has 1 unspecified atom stereocenters. The van der Waals surface area contributed by atoms with Crippen LogP contribution in [0.1, 0.15) is 5.56 Å². The van der Waals surface area contributed by atoms with E-state index in [0.29, 0.717) is 0 Å². The second-order valence-electron chi connectivity index (χ2n) is 3.32. The van der Waals surface area contributed by atoms with E-state index in [0.717, 1.165) is 5.56 Å². The first-order chi connectivity index (χ1) is 7.34. The number of hydrogen-bond acceptors (Lipinski definition) is 2. The Hall–Kier alpha value is -0.940. The quantitative estimate of drug-likeness (QED) is 0.899. The molecule has 0 saturated carbocycles. The molecular formula is C10H11ClF3NO. The van der Waals surface area contributed by atoms with Crippen molar-refractivity contribution in [1.82, 2.24) is 0 Å². The fourth-order valence-corrected chi connectivity index (χ4v) is 1.38. The van der Waals surface area contributed by atoms with Gasteiger partial charge in [-0.2, -0.15) is 13.2 Å².